The summed E-state index contributed by atoms with van der Waals surface area (Å²) in [5.41, 5.74) is 0.714. The quantitative estimate of drug-likeness (QED) is 0.518. The number of hydrogen-bond acceptors (Lipinski definition) is 8. The molecule has 0 aliphatic carbocycles. The number of thioether (sulfide) groups is 1. The van der Waals surface area contributed by atoms with E-state index >= 15 is 0 Å². The highest BCUT2D eigenvalue weighted by atomic mass is 32.2. The fourth-order valence-electron chi connectivity index (χ4n) is 3.24. The topological polar surface area (TPSA) is 76.4 Å². The molecular formula is C19H20N4O4S2. The lowest BCUT2D eigenvalue weighted by molar-refractivity contribution is -0.122. The van der Waals surface area contributed by atoms with Crippen LogP contribution >= 0.6 is 24.0 Å². The summed E-state index contributed by atoms with van der Waals surface area (Å²) in [5, 5.41) is 0. The SMILES string of the molecule is COCCN1C(=O)/C(=C\c2c(N3CCOCC3)nc3ccccn3c2=O)SC1=S. The Bertz CT molecular complexity index is 1050. The molecule has 0 spiro atoms. The number of nitrogens with zero attached hydrogens (tertiary/aromatic N) is 4. The molecule has 29 heavy (non-hydrogen) atoms. The van der Waals surface area contributed by atoms with Crippen molar-refractivity contribution in [1.82, 2.24) is 14.3 Å². The number of rotatable bonds is 5. The third kappa shape index (κ3) is 3.93. The van der Waals surface area contributed by atoms with Gasteiger partial charge in [0.15, 0.2) is 0 Å². The number of morpholine rings is 1. The van der Waals surface area contributed by atoms with E-state index in [4.69, 9.17) is 26.7 Å². The molecule has 2 fully saturated rings. The van der Waals surface area contributed by atoms with Crippen molar-refractivity contribution >= 4 is 51.7 Å². The highest BCUT2D eigenvalue weighted by Crippen LogP contribution is 2.33. The van der Waals surface area contributed by atoms with E-state index in [0.717, 1.165) is 0 Å². The van der Waals surface area contributed by atoms with Gasteiger partial charge in [0, 0.05) is 26.4 Å². The lowest BCUT2D eigenvalue weighted by Gasteiger charge is -2.29. The number of pyridine rings is 1. The summed E-state index contributed by atoms with van der Waals surface area (Å²) in [7, 11) is 1.57. The van der Waals surface area contributed by atoms with E-state index in [0.29, 0.717) is 65.7 Å². The molecule has 152 valence electrons. The van der Waals surface area contributed by atoms with Crippen LogP contribution in [-0.4, -0.2) is 71.1 Å². The lowest BCUT2D eigenvalue weighted by Crippen LogP contribution is -2.38. The highest BCUT2D eigenvalue weighted by Gasteiger charge is 2.32. The van der Waals surface area contributed by atoms with Gasteiger partial charge in [0.2, 0.25) is 0 Å². The average Bonchev–Trinajstić information content (AvgIpc) is 3.01. The van der Waals surface area contributed by atoms with Crippen LogP contribution in [0.15, 0.2) is 34.1 Å². The molecule has 0 unspecified atom stereocenters. The van der Waals surface area contributed by atoms with Crippen LogP contribution in [0, 0.1) is 0 Å². The number of methoxy groups -OCH3 is 1. The van der Waals surface area contributed by atoms with Crippen molar-refractivity contribution in [2.75, 3.05) is 51.5 Å². The monoisotopic (exact) mass is 432 g/mol. The first kappa shape index (κ1) is 20.0. The molecule has 0 saturated carbocycles. The van der Waals surface area contributed by atoms with Crippen LogP contribution in [0.2, 0.25) is 0 Å². The van der Waals surface area contributed by atoms with E-state index in [1.165, 1.54) is 21.1 Å². The molecule has 0 bridgehead atoms. The zero-order chi connectivity index (χ0) is 20.4. The van der Waals surface area contributed by atoms with Crippen LogP contribution in [0.25, 0.3) is 11.7 Å². The van der Waals surface area contributed by atoms with Gasteiger partial charge in [-0.1, -0.05) is 30.0 Å². The smallest absolute Gasteiger partial charge is 0.267 e. The van der Waals surface area contributed by atoms with Gasteiger partial charge < -0.3 is 14.4 Å². The van der Waals surface area contributed by atoms with Crippen molar-refractivity contribution in [3.63, 3.8) is 0 Å². The Kier molecular flexibility index (Phi) is 5.95. The van der Waals surface area contributed by atoms with Gasteiger partial charge in [-0.2, -0.15) is 0 Å². The number of fused-ring (bicyclic) bond motifs is 1. The summed E-state index contributed by atoms with van der Waals surface area (Å²) in [6.07, 6.45) is 3.29. The summed E-state index contributed by atoms with van der Waals surface area (Å²) in [6.45, 7) is 3.15. The molecule has 8 nitrogen and oxygen atoms in total. The Morgan fingerprint density at radius 3 is 2.86 bits per heavy atom. The maximum absolute atomic E-state index is 13.3. The van der Waals surface area contributed by atoms with E-state index in [1.54, 1.807) is 31.5 Å². The number of carbonyl (C=O) groups is 1. The zero-order valence-electron chi connectivity index (χ0n) is 15.9. The zero-order valence-corrected chi connectivity index (χ0v) is 17.5. The molecule has 1 amide bonds. The summed E-state index contributed by atoms with van der Waals surface area (Å²) >= 11 is 6.53. The second-order valence-electron chi connectivity index (χ2n) is 6.51. The Morgan fingerprint density at radius 2 is 2.10 bits per heavy atom. The van der Waals surface area contributed by atoms with Crippen LogP contribution in [-0.2, 0) is 14.3 Å². The Hall–Kier alpha value is -2.27. The molecule has 0 radical (unpaired) electrons. The maximum atomic E-state index is 13.3. The normalized spacial score (nSPS) is 19.0. The summed E-state index contributed by atoms with van der Waals surface area (Å²) in [5.74, 6) is 0.342. The molecule has 0 aromatic carbocycles. The van der Waals surface area contributed by atoms with Gasteiger partial charge in [0.05, 0.1) is 36.8 Å². The maximum Gasteiger partial charge on any atom is 0.267 e. The minimum absolute atomic E-state index is 0.220. The molecule has 0 N–H and O–H groups in total. The molecule has 4 rings (SSSR count). The lowest BCUT2D eigenvalue weighted by atomic mass is 10.2. The molecule has 2 aliphatic rings. The number of hydrogen-bond donors (Lipinski definition) is 0. The van der Waals surface area contributed by atoms with Crippen LogP contribution in [0.5, 0.6) is 0 Å². The fourth-order valence-corrected chi connectivity index (χ4v) is 4.53. The van der Waals surface area contributed by atoms with Gasteiger partial charge in [-0.25, -0.2) is 4.98 Å². The number of aromatic nitrogens is 2. The second-order valence-corrected chi connectivity index (χ2v) is 8.18. The molecular weight excluding hydrogens is 412 g/mol. The van der Waals surface area contributed by atoms with Crippen molar-refractivity contribution in [2.24, 2.45) is 0 Å². The second kappa shape index (κ2) is 8.62. The van der Waals surface area contributed by atoms with E-state index in [1.807, 2.05) is 11.0 Å². The summed E-state index contributed by atoms with van der Waals surface area (Å²) < 4.78 is 12.4. The summed E-state index contributed by atoms with van der Waals surface area (Å²) in [6, 6.07) is 5.41. The predicted molar refractivity (Wildman–Crippen MR) is 116 cm³/mol. The van der Waals surface area contributed by atoms with Crippen molar-refractivity contribution in [1.29, 1.82) is 0 Å². The van der Waals surface area contributed by atoms with Crippen molar-refractivity contribution in [3.8, 4) is 0 Å². The van der Waals surface area contributed by atoms with E-state index in [-0.39, 0.29) is 11.5 Å². The van der Waals surface area contributed by atoms with Gasteiger partial charge >= 0.3 is 0 Å². The van der Waals surface area contributed by atoms with Gasteiger partial charge in [0.1, 0.15) is 15.8 Å². The number of carbonyl (C=O) groups excluding carboxylic acids is 1. The first-order valence-electron chi connectivity index (χ1n) is 9.18. The molecule has 2 aliphatic heterocycles. The van der Waals surface area contributed by atoms with Crippen molar-refractivity contribution < 1.29 is 14.3 Å². The summed E-state index contributed by atoms with van der Waals surface area (Å²) in [4.78, 5) is 34.7. The standard InChI is InChI=1S/C19H20N4O4S2/c1-26-9-8-23-18(25)14(29-19(23)28)12-13-16(21-6-10-27-11-7-21)20-15-4-2-3-5-22(15)17(13)24/h2-5,12H,6-11H2,1H3/b14-12+. The Balaban J connectivity index is 1.81. The average molecular weight is 433 g/mol. The van der Waals surface area contributed by atoms with Crippen LogP contribution in [0.4, 0.5) is 5.82 Å². The number of ether oxygens (including phenoxy) is 2. The Labute approximate surface area is 177 Å². The third-order valence-corrected chi connectivity index (χ3v) is 6.11. The number of anilines is 1. The molecule has 10 heteroatoms. The number of thiocarbonyl (C=S) groups is 1. The Morgan fingerprint density at radius 1 is 1.31 bits per heavy atom. The van der Waals surface area contributed by atoms with E-state index in [2.05, 4.69) is 0 Å². The molecule has 2 aromatic heterocycles. The van der Waals surface area contributed by atoms with Crippen molar-refractivity contribution in [3.05, 3.63) is 45.2 Å². The molecule has 4 heterocycles. The van der Waals surface area contributed by atoms with Gasteiger partial charge in [0.25, 0.3) is 11.5 Å². The van der Waals surface area contributed by atoms with Gasteiger partial charge in [-0.05, 0) is 18.2 Å². The fraction of sp³-hybridized carbons (Fsp3) is 0.368. The number of amides is 1. The highest BCUT2D eigenvalue weighted by molar-refractivity contribution is 8.26. The first-order valence-corrected chi connectivity index (χ1v) is 10.4. The van der Waals surface area contributed by atoms with Crippen LogP contribution in [0.3, 0.4) is 0 Å². The van der Waals surface area contributed by atoms with E-state index < -0.39 is 0 Å². The third-order valence-electron chi connectivity index (χ3n) is 4.73. The van der Waals surface area contributed by atoms with Crippen LogP contribution in [0.1, 0.15) is 5.56 Å². The minimum Gasteiger partial charge on any atom is -0.383 e. The predicted octanol–water partition coefficient (Wildman–Crippen LogP) is 1.38. The minimum atomic E-state index is -0.223. The van der Waals surface area contributed by atoms with Gasteiger partial charge in [-0.15, -0.1) is 0 Å². The van der Waals surface area contributed by atoms with Crippen LogP contribution < -0.4 is 10.5 Å². The largest absolute Gasteiger partial charge is 0.383 e. The first-order chi connectivity index (χ1) is 14.1. The van der Waals surface area contributed by atoms with E-state index in [9.17, 15) is 9.59 Å². The molecule has 2 aromatic rings. The van der Waals surface area contributed by atoms with Crippen molar-refractivity contribution in [2.45, 2.75) is 0 Å². The molecule has 0 atom stereocenters. The molecule has 2 saturated heterocycles. The van der Waals surface area contributed by atoms with Gasteiger partial charge in [-0.3, -0.25) is 18.9 Å².